The first-order valence-electron chi connectivity index (χ1n) is 7.24. The fourth-order valence-corrected chi connectivity index (χ4v) is 2.44. The number of nitrogens with two attached hydrogens (primary N) is 1. The van der Waals surface area contributed by atoms with Gasteiger partial charge in [-0.25, -0.2) is 9.59 Å². The van der Waals surface area contributed by atoms with Gasteiger partial charge in [-0.2, -0.15) is 0 Å². The van der Waals surface area contributed by atoms with E-state index in [0.29, 0.717) is 6.54 Å². The number of hydrogen-bond acceptors (Lipinski definition) is 4. The van der Waals surface area contributed by atoms with Gasteiger partial charge in [-0.05, 0) is 32.4 Å². The van der Waals surface area contributed by atoms with Crippen molar-refractivity contribution in [2.24, 2.45) is 5.73 Å². The Balaban J connectivity index is 2.69. The Morgan fingerprint density at radius 3 is 2.48 bits per heavy atom. The maximum atomic E-state index is 12.3. The average Bonchev–Trinajstić information content (AvgIpc) is 2.44. The van der Waals surface area contributed by atoms with Gasteiger partial charge in [0.25, 0.3) is 0 Å². The van der Waals surface area contributed by atoms with Gasteiger partial charge in [-0.1, -0.05) is 6.92 Å². The summed E-state index contributed by atoms with van der Waals surface area (Å²) in [6.45, 7) is 4.18. The van der Waals surface area contributed by atoms with Gasteiger partial charge in [0.2, 0.25) is 5.91 Å². The number of carboxylic acids is 1. The number of carboxylic acid groups (broad SMARTS) is 1. The SMILES string of the molecule is CCCN(C(=O)NC(CC(N)=O)C(=O)O)C1CCNCC1. The minimum absolute atomic E-state index is 0.0919. The molecule has 1 unspecified atom stereocenters. The zero-order valence-corrected chi connectivity index (χ0v) is 12.3. The summed E-state index contributed by atoms with van der Waals surface area (Å²) in [5.41, 5.74) is 5.01. The van der Waals surface area contributed by atoms with E-state index in [1.807, 2.05) is 6.92 Å². The van der Waals surface area contributed by atoms with Crippen molar-refractivity contribution >= 4 is 17.9 Å². The monoisotopic (exact) mass is 300 g/mol. The molecule has 1 saturated heterocycles. The van der Waals surface area contributed by atoms with Crippen molar-refractivity contribution in [3.05, 3.63) is 0 Å². The Hall–Kier alpha value is -1.83. The zero-order valence-electron chi connectivity index (χ0n) is 12.3. The fourth-order valence-electron chi connectivity index (χ4n) is 2.44. The van der Waals surface area contributed by atoms with Crippen molar-refractivity contribution in [2.75, 3.05) is 19.6 Å². The van der Waals surface area contributed by atoms with E-state index in [4.69, 9.17) is 10.8 Å². The van der Waals surface area contributed by atoms with Crippen molar-refractivity contribution in [1.29, 1.82) is 0 Å². The number of nitrogens with zero attached hydrogens (tertiary/aromatic N) is 1. The predicted molar refractivity (Wildman–Crippen MR) is 76.7 cm³/mol. The van der Waals surface area contributed by atoms with Crippen molar-refractivity contribution in [3.8, 4) is 0 Å². The van der Waals surface area contributed by atoms with Gasteiger partial charge in [-0.15, -0.1) is 0 Å². The van der Waals surface area contributed by atoms with E-state index >= 15 is 0 Å². The minimum Gasteiger partial charge on any atom is -0.480 e. The van der Waals surface area contributed by atoms with Gasteiger partial charge < -0.3 is 26.4 Å². The van der Waals surface area contributed by atoms with E-state index in [9.17, 15) is 14.4 Å². The maximum Gasteiger partial charge on any atom is 0.326 e. The topological polar surface area (TPSA) is 125 Å². The Morgan fingerprint density at radius 2 is 2.00 bits per heavy atom. The maximum absolute atomic E-state index is 12.3. The summed E-state index contributed by atoms with van der Waals surface area (Å²) < 4.78 is 0. The number of carbonyl (C=O) groups excluding carboxylic acids is 2. The van der Waals surface area contributed by atoms with E-state index in [1.54, 1.807) is 4.90 Å². The van der Waals surface area contributed by atoms with Crippen LogP contribution in [0.4, 0.5) is 4.79 Å². The highest BCUT2D eigenvalue weighted by Crippen LogP contribution is 2.13. The second-order valence-electron chi connectivity index (χ2n) is 5.19. The molecule has 0 radical (unpaired) electrons. The molecule has 1 aliphatic heterocycles. The Bertz CT molecular complexity index is 382. The molecule has 0 aliphatic carbocycles. The third kappa shape index (κ3) is 5.58. The van der Waals surface area contributed by atoms with E-state index in [1.165, 1.54) is 0 Å². The van der Waals surface area contributed by atoms with Crippen LogP contribution in [-0.2, 0) is 9.59 Å². The number of amides is 3. The molecule has 0 bridgehead atoms. The van der Waals surface area contributed by atoms with Crippen molar-refractivity contribution < 1.29 is 19.5 Å². The average molecular weight is 300 g/mol. The second-order valence-corrected chi connectivity index (χ2v) is 5.19. The summed E-state index contributed by atoms with van der Waals surface area (Å²) in [4.78, 5) is 35.9. The van der Waals surface area contributed by atoms with E-state index in [0.717, 1.165) is 32.4 Å². The smallest absolute Gasteiger partial charge is 0.326 e. The largest absolute Gasteiger partial charge is 0.480 e. The lowest BCUT2D eigenvalue weighted by Crippen LogP contribution is -2.54. The number of carbonyl (C=O) groups is 3. The molecule has 8 nitrogen and oxygen atoms in total. The third-order valence-corrected chi connectivity index (χ3v) is 3.48. The Morgan fingerprint density at radius 1 is 1.38 bits per heavy atom. The molecule has 0 aromatic rings. The molecule has 21 heavy (non-hydrogen) atoms. The highest BCUT2D eigenvalue weighted by Gasteiger charge is 2.29. The van der Waals surface area contributed by atoms with Crippen LogP contribution in [0.2, 0.25) is 0 Å². The molecular weight excluding hydrogens is 276 g/mol. The summed E-state index contributed by atoms with van der Waals surface area (Å²) in [6.07, 6.45) is 2.04. The van der Waals surface area contributed by atoms with E-state index in [2.05, 4.69) is 10.6 Å². The van der Waals surface area contributed by atoms with E-state index in [-0.39, 0.29) is 6.04 Å². The van der Waals surface area contributed by atoms with Gasteiger partial charge in [0.15, 0.2) is 0 Å². The van der Waals surface area contributed by atoms with Crippen LogP contribution in [0.15, 0.2) is 0 Å². The van der Waals surface area contributed by atoms with Crippen LogP contribution < -0.4 is 16.4 Å². The number of nitrogens with one attached hydrogen (secondary N) is 2. The molecule has 120 valence electrons. The van der Waals surface area contributed by atoms with Crippen molar-refractivity contribution in [1.82, 2.24) is 15.5 Å². The van der Waals surface area contributed by atoms with Crippen LogP contribution in [-0.4, -0.2) is 59.6 Å². The van der Waals surface area contributed by atoms with Gasteiger partial charge in [0.1, 0.15) is 6.04 Å². The Labute approximate surface area is 124 Å². The zero-order chi connectivity index (χ0) is 15.8. The van der Waals surface area contributed by atoms with Crippen LogP contribution in [0.25, 0.3) is 0 Å². The van der Waals surface area contributed by atoms with E-state index < -0.39 is 30.4 Å². The standard InChI is InChI=1S/C13H24N4O4/c1-2-7-17(9-3-5-15-6-4-9)13(21)16-10(12(19)20)8-11(14)18/h9-10,15H,2-8H2,1H3,(H2,14,18)(H,16,21)(H,19,20). The Kier molecular flexibility index (Phi) is 6.93. The van der Waals surface area contributed by atoms with Gasteiger partial charge in [0, 0.05) is 12.6 Å². The lowest BCUT2D eigenvalue weighted by molar-refractivity contribution is -0.141. The number of primary amides is 1. The molecule has 1 fully saturated rings. The number of piperidine rings is 1. The molecule has 0 saturated carbocycles. The van der Waals surface area contributed by atoms with Crippen LogP contribution in [0.1, 0.15) is 32.6 Å². The van der Waals surface area contributed by atoms with Gasteiger partial charge in [0.05, 0.1) is 6.42 Å². The predicted octanol–water partition coefficient (Wildman–Crippen LogP) is -0.511. The van der Waals surface area contributed by atoms with Crippen LogP contribution in [0.5, 0.6) is 0 Å². The highest BCUT2D eigenvalue weighted by atomic mass is 16.4. The molecule has 0 aromatic carbocycles. The van der Waals surface area contributed by atoms with Crippen molar-refractivity contribution in [3.63, 3.8) is 0 Å². The lowest BCUT2D eigenvalue weighted by atomic mass is 10.0. The van der Waals surface area contributed by atoms with Crippen LogP contribution >= 0.6 is 0 Å². The summed E-state index contributed by atoms with van der Waals surface area (Å²) in [5.74, 6) is -2.02. The van der Waals surface area contributed by atoms with Gasteiger partial charge >= 0.3 is 12.0 Å². The number of rotatable bonds is 7. The molecule has 1 atom stereocenters. The first kappa shape index (κ1) is 17.2. The summed E-state index contributed by atoms with van der Waals surface area (Å²) >= 11 is 0. The number of urea groups is 1. The molecule has 1 aliphatic rings. The minimum atomic E-state index is -1.28. The lowest BCUT2D eigenvalue weighted by Gasteiger charge is -2.35. The van der Waals surface area contributed by atoms with Gasteiger partial charge in [-0.3, -0.25) is 4.79 Å². The summed E-state index contributed by atoms with van der Waals surface area (Å²) in [7, 11) is 0. The summed E-state index contributed by atoms with van der Waals surface area (Å²) in [5, 5.41) is 14.7. The molecule has 1 heterocycles. The van der Waals surface area contributed by atoms with Crippen molar-refractivity contribution in [2.45, 2.75) is 44.7 Å². The molecular formula is C13H24N4O4. The van der Waals surface area contributed by atoms with Crippen LogP contribution in [0.3, 0.4) is 0 Å². The normalized spacial score (nSPS) is 17.0. The molecule has 1 rings (SSSR count). The van der Waals surface area contributed by atoms with Crippen LogP contribution in [0, 0.1) is 0 Å². The number of hydrogen-bond donors (Lipinski definition) is 4. The molecule has 3 amide bonds. The molecule has 5 N–H and O–H groups in total. The highest BCUT2D eigenvalue weighted by molar-refractivity contribution is 5.87. The molecule has 8 heteroatoms. The first-order valence-corrected chi connectivity index (χ1v) is 7.24. The molecule has 0 aromatic heterocycles. The third-order valence-electron chi connectivity index (χ3n) is 3.48. The fraction of sp³-hybridized carbons (Fsp3) is 0.769. The quantitative estimate of drug-likeness (QED) is 0.504. The summed E-state index contributed by atoms with van der Waals surface area (Å²) in [6, 6.07) is -1.64. The second kappa shape index (κ2) is 8.46. The first-order chi connectivity index (χ1) is 9.95. The molecule has 0 spiro atoms. The number of aliphatic carboxylic acids is 1.